The molecule has 206 valence electrons. The molecule has 0 bridgehead atoms. The second-order valence-electron chi connectivity index (χ2n) is 9.37. The van der Waals surface area contributed by atoms with Crippen LogP contribution >= 0.6 is 0 Å². The van der Waals surface area contributed by atoms with Crippen molar-refractivity contribution in [2.45, 2.75) is 70.7 Å². The van der Waals surface area contributed by atoms with Crippen LogP contribution in [-0.2, 0) is 35.1 Å². The third kappa shape index (κ3) is 8.51. The highest BCUT2D eigenvalue weighted by Gasteiger charge is 2.38. The first kappa shape index (κ1) is 30.2. The Bertz CT molecular complexity index is 1180. The molecule has 3 amide bonds. The Labute approximate surface area is 220 Å². The minimum Gasteiger partial charge on any atom is -0.464 e. The van der Waals surface area contributed by atoms with Gasteiger partial charge in [-0.2, -0.15) is 0 Å². The van der Waals surface area contributed by atoms with Gasteiger partial charge in [-0.05, 0) is 38.8 Å². The van der Waals surface area contributed by atoms with Gasteiger partial charge in [-0.1, -0.05) is 18.2 Å². The molecule has 2 aromatic rings. The van der Waals surface area contributed by atoms with E-state index in [0.717, 1.165) is 16.5 Å². The number of carbonyl (C=O) groups excluding carboxylic acids is 5. The van der Waals surface area contributed by atoms with Gasteiger partial charge < -0.3 is 36.2 Å². The van der Waals surface area contributed by atoms with Gasteiger partial charge in [-0.3, -0.25) is 19.2 Å². The lowest BCUT2D eigenvalue weighted by molar-refractivity contribution is -0.154. The molecule has 38 heavy (non-hydrogen) atoms. The third-order valence-corrected chi connectivity index (χ3v) is 5.78. The summed E-state index contributed by atoms with van der Waals surface area (Å²) in [6.45, 7) is 5.48. The molecule has 3 atom stereocenters. The average Bonchev–Trinajstić information content (AvgIpc) is 3.26. The quantitative estimate of drug-likeness (QED) is 0.152. The molecule has 0 fully saturated rings. The summed E-state index contributed by atoms with van der Waals surface area (Å²) in [6.07, 6.45) is 2.02. The van der Waals surface area contributed by atoms with E-state index in [1.807, 2.05) is 24.3 Å². The number of amides is 3. The number of rotatable bonds is 14. The molecule has 0 aliphatic carbocycles. The van der Waals surface area contributed by atoms with Crippen molar-refractivity contribution in [1.29, 1.82) is 5.41 Å². The number of esters is 1. The van der Waals surface area contributed by atoms with Crippen molar-refractivity contribution in [1.82, 2.24) is 20.9 Å². The molecular formula is C26H35N5O7. The molecule has 12 heteroatoms. The predicted molar refractivity (Wildman–Crippen MR) is 139 cm³/mol. The van der Waals surface area contributed by atoms with Crippen molar-refractivity contribution in [3.05, 3.63) is 36.0 Å². The molecule has 2 rings (SSSR count). The van der Waals surface area contributed by atoms with Crippen LogP contribution in [0.5, 0.6) is 0 Å². The highest BCUT2D eigenvalue weighted by Crippen LogP contribution is 2.19. The molecule has 0 aliphatic rings. The molecule has 6 N–H and O–H groups in total. The lowest BCUT2D eigenvalue weighted by Crippen LogP contribution is -2.60. The summed E-state index contributed by atoms with van der Waals surface area (Å²) in [7, 11) is 0. The van der Waals surface area contributed by atoms with Gasteiger partial charge in [0.2, 0.25) is 17.7 Å². The first-order chi connectivity index (χ1) is 17.9. The van der Waals surface area contributed by atoms with Gasteiger partial charge in [0.25, 0.3) is 0 Å². The minimum absolute atomic E-state index is 0.0154. The van der Waals surface area contributed by atoms with Crippen molar-refractivity contribution < 1.29 is 33.8 Å². The van der Waals surface area contributed by atoms with Crippen molar-refractivity contribution >= 4 is 46.6 Å². The van der Waals surface area contributed by atoms with Crippen molar-refractivity contribution in [2.24, 2.45) is 0 Å². The first-order valence-electron chi connectivity index (χ1n) is 12.2. The Hall–Kier alpha value is -4.06. The Balaban J connectivity index is 2.29. The fourth-order valence-electron chi connectivity index (χ4n) is 3.87. The lowest BCUT2D eigenvalue weighted by Gasteiger charge is -2.30. The number of fused-ring (bicyclic) bond motifs is 1. The largest absolute Gasteiger partial charge is 0.464 e. The monoisotopic (exact) mass is 529 g/mol. The summed E-state index contributed by atoms with van der Waals surface area (Å²) in [5, 5.41) is 25.9. The van der Waals surface area contributed by atoms with E-state index in [2.05, 4.69) is 20.9 Å². The Morgan fingerprint density at radius 3 is 2.34 bits per heavy atom. The standard InChI is InChI=1S/C26H35N5O7/c1-5-38-25(36)22(26(3,4)37)31-23(34)20(11-10-17(33)13-27)30-24(35)21(29-15(2)32)12-16-14-28-19-9-7-6-8-18(16)19/h6-9,13-14,20-22,27-28,37H,5,10-12H2,1-4H3,(H,29,32)(H,30,35)(H,31,34)/t20-,21-,22?/m0/s1. The summed E-state index contributed by atoms with van der Waals surface area (Å²) < 4.78 is 4.95. The number of hydrogen-bond donors (Lipinski definition) is 6. The van der Waals surface area contributed by atoms with Gasteiger partial charge >= 0.3 is 5.97 Å². The number of nitrogens with one attached hydrogen (secondary N) is 5. The van der Waals surface area contributed by atoms with Gasteiger partial charge in [-0.25, -0.2) is 4.79 Å². The zero-order valence-corrected chi connectivity index (χ0v) is 21.9. The van der Waals surface area contributed by atoms with E-state index in [-0.39, 0.29) is 25.9 Å². The number of ether oxygens (including phenoxy) is 1. The van der Waals surface area contributed by atoms with Crippen molar-refractivity contribution in [3.63, 3.8) is 0 Å². The number of hydrogen-bond acceptors (Lipinski definition) is 8. The number of para-hydroxylation sites is 1. The molecule has 0 saturated carbocycles. The van der Waals surface area contributed by atoms with Crippen LogP contribution in [-0.4, -0.2) is 76.1 Å². The maximum absolute atomic E-state index is 13.3. The van der Waals surface area contributed by atoms with E-state index in [9.17, 15) is 29.1 Å². The van der Waals surface area contributed by atoms with Crippen LogP contribution in [0.25, 0.3) is 10.9 Å². The van der Waals surface area contributed by atoms with Gasteiger partial charge in [0.05, 0.1) is 18.4 Å². The second-order valence-corrected chi connectivity index (χ2v) is 9.37. The number of benzene rings is 1. The summed E-state index contributed by atoms with van der Waals surface area (Å²) in [5.41, 5.74) is -0.0858. The SMILES string of the molecule is CCOC(=O)C(NC(=O)[C@H](CCC(=O)C=N)NC(=O)[C@H](Cc1c[nH]c2ccccc12)NC(C)=O)C(C)(C)O. The molecule has 0 spiro atoms. The van der Waals surface area contributed by atoms with Crippen LogP contribution in [0.1, 0.15) is 46.1 Å². The molecule has 12 nitrogen and oxygen atoms in total. The van der Waals surface area contributed by atoms with Crippen LogP contribution < -0.4 is 16.0 Å². The topological polar surface area (TPSA) is 191 Å². The Morgan fingerprint density at radius 1 is 1.08 bits per heavy atom. The number of ketones is 1. The summed E-state index contributed by atoms with van der Waals surface area (Å²) in [5.74, 6) is -3.44. The van der Waals surface area contributed by atoms with Gasteiger partial charge in [0, 0.05) is 36.9 Å². The van der Waals surface area contributed by atoms with E-state index < -0.39 is 53.2 Å². The van der Waals surface area contributed by atoms with Crippen LogP contribution in [0, 0.1) is 5.41 Å². The molecule has 1 aromatic heterocycles. The van der Waals surface area contributed by atoms with Crippen LogP contribution in [0.15, 0.2) is 30.5 Å². The molecular weight excluding hydrogens is 494 g/mol. The zero-order chi connectivity index (χ0) is 28.5. The van der Waals surface area contributed by atoms with E-state index in [4.69, 9.17) is 10.1 Å². The number of aliphatic hydroxyl groups is 1. The highest BCUT2D eigenvalue weighted by atomic mass is 16.5. The molecule has 0 aliphatic heterocycles. The fraction of sp³-hybridized carbons (Fsp3) is 0.462. The van der Waals surface area contributed by atoms with E-state index in [0.29, 0.717) is 6.21 Å². The molecule has 1 heterocycles. The van der Waals surface area contributed by atoms with Gasteiger partial charge in [0.15, 0.2) is 11.8 Å². The molecule has 1 unspecified atom stereocenters. The zero-order valence-electron chi connectivity index (χ0n) is 21.9. The lowest BCUT2D eigenvalue weighted by atomic mass is 9.97. The van der Waals surface area contributed by atoms with Crippen LogP contribution in [0.2, 0.25) is 0 Å². The number of H-pyrrole nitrogens is 1. The van der Waals surface area contributed by atoms with E-state index in [1.165, 1.54) is 20.8 Å². The predicted octanol–water partition coefficient (Wildman–Crippen LogP) is 0.518. The van der Waals surface area contributed by atoms with Crippen molar-refractivity contribution in [3.8, 4) is 0 Å². The summed E-state index contributed by atoms with van der Waals surface area (Å²) in [6, 6.07) is 3.61. The number of Topliss-reactive ketones (excluding diaryl/α,β-unsaturated/α-hetero) is 1. The maximum atomic E-state index is 13.3. The molecule has 0 saturated heterocycles. The van der Waals surface area contributed by atoms with E-state index in [1.54, 1.807) is 13.1 Å². The smallest absolute Gasteiger partial charge is 0.331 e. The Morgan fingerprint density at radius 2 is 1.74 bits per heavy atom. The van der Waals surface area contributed by atoms with Crippen molar-refractivity contribution in [2.75, 3.05) is 6.61 Å². The second kappa shape index (κ2) is 13.5. The summed E-state index contributed by atoms with van der Waals surface area (Å²) in [4.78, 5) is 65.6. The first-order valence-corrected chi connectivity index (χ1v) is 12.2. The number of aromatic amines is 1. The highest BCUT2D eigenvalue weighted by molar-refractivity contribution is 6.26. The van der Waals surface area contributed by atoms with E-state index >= 15 is 0 Å². The third-order valence-electron chi connectivity index (χ3n) is 5.78. The number of carbonyl (C=O) groups is 5. The number of aromatic nitrogens is 1. The minimum atomic E-state index is -1.70. The molecule has 0 radical (unpaired) electrons. The molecule has 1 aromatic carbocycles. The average molecular weight is 530 g/mol. The fourth-order valence-corrected chi connectivity index (χ4v) is 3.87. The van der Waals surface area contributed by atoms with Gasteiger partial charge in [-0.15, -0.1) is 0 Å². The summed E-state index contributed by atoms with van der Waals surface area (Å²) >= 11 is 0. The van der Waals surface area contributed by atoms with Crippen LogP contribution in [0.4, 0.5) is 0 Å². The van der Waals surface area contributed by atoms with Crippen LogP contribution in [0.3, 0.4) is 0 Å². The maximum Gasteiger partial charge on any atom is 0.331 e. The normalized spacial score (nSPS) is 13.6. The van der Waals surface area contributed by atoms with Gasteiger partial charge in [0.1, 0.15) is 12.1 Å². The Kier molecular flexibility index (Phi) is 10.7.